The Morgan fingerprint density at radius 1 is 1.25 bits per heavy atom. The van der Waals surface area contributed by atoms with E-state index in [0.717, 1.165) is 10.5 Å². The Morgan fingerprint density at radius 2 is 2.06 bits per heavy atom. The van der Waals surface area contributed by atoms with Gasteiger partial charge in [0.1, 0.15) is 0 Å². The molecule has 1 aliphatic heterocycles. The van der Waals surface area contributed by atoms with Crippen LogP contribution in [0.4, 0.5) is 0 Å². The monoisotopic (exact) mass is 231 g/mol. The fraction of sp³-hybridized carbons (Fsp3) is 0.231. The summed E-state index contributed by atoms with van der Waals surface area (Å²) in [4.78, 5) is 1.16. The standard InChI is InChI=1S/C13H13NOS/c1-9-6-7-13-14(9)8-11(15)10-4-2-3-5-12(10)16-13/h2-7,11,15H,8H2,1H3. The Balaban J connectivity index is 2.15. The van der Waals surface area contributed by atoms with Crippen LogP contribution in [-0.2, 0) is 6.54 Å². The molecule has 0 bridgehead atoms. The summed E-state index contributed by atoms with van der Waals surface area (Å²) in [5.74, 6) is 0. The number of nitrogens with zero attached hydrogens (tertiary/aromatic N) is 1. The van der Waals surface area contributed by atoms with Crippen LogP contribution in [0, 0.1) is 6.92 Å². The van der Waals surface area contributed by atoms with Crippen LogP contribution in [0.5, 0.6) is 0 Å². The van der Waals surface area contributed by atoms with Gasteiger partial charge in [-0.15, -0.1) is 0 Å². The quantitative estimate of drug-likeness (QED) is 0.754. The smallest absolute Gasteiger partial charge is 0.0980 e. The number of rotatable bonds is 0. The molecule has 82 valence electrons. The van der Waals surface area contributed by atoms with E-state index in [9.17, 15) is 5.11 Å². The van der Waals surface area contributed by atoms with Crippen LogP contribution in [0.2, 0.25) is 0 Å². The molecule has 1 N–H and O–H groups in total. The number of benzene rings is 1. The highest BCUT2D eigenvalue weighted by molar-refractivity contribution is 7.99. The van der Waals surface area contributed by atoms with Crippen molar-refractivity contribution in [3.8, 4) is 0 Å². The second-order valence-corrected chi connectivity index (χ2v) is 5.14. The topological polar surface area (TPSA) is 25.2 Å². The van der Waals surface area contributed by atoms with Gasteiger partial charge < -0.3 is 9.67 Å². The van der Waals surface area contributed by atoms with Gasteiger partial charge in [0.2, 0.25) is 0 Å². The lowest BCUT2D eigenvalue weighted by Crippen LogP contribution is -2.08. The van der Waals surface area contributed by atoms with Gasteiger partial charge in [-0.05, 0) is 30.7 Å². The molecular weight excluding hydrogens is 218 g/mol. The van der Waals surface area contributed by atoms with Crippen molar-refractivity contribution in [3.05, 3.63) is 47.7 Å². The lowest BCUT2D eigenvalue weighted by atomic mass is 10.1. The molecule has 0 saturated carbocycles. The molecule has 1 atom stereocenters. The van der Waals surface area contributed by atoms with E-state index >= 15 is 0 Å². The molecule has 3 heteroatoms. The fourth-order valence-corrected chi connectivity index (χ4v) is 3.26. The number of fused-ring (bicyclic) bond motifs is 2. The molecule has 0 spiro atoms. The van der Waals surface area contributed by atoms with E-state index in [2.05, 4.69) is 29.7 Å². The number of aliphatic hydroxyl groups is 1. The average Bonchev–Trinajstić information content (AvgIpc) is 2.56. The van der Waals surface area contributed by atoms with E-state index in [1.54, 1.807) is 11.8 Å². The van der Waals surface area contributed by atoms with Gasteiger partial charge in [0.15, 0.2) is 0 Å². The zero-order valence-electron chi connectivity index (χ0n) is 9.05. The highest BCUT2D eigenvalue weighted by Crippen LogP contribution is 2.38. The zero-order chi connectivity index (χ0) is 11.1. The van der Waals surface area contributed by atoms with Gasteiger partial charge in [-0.3, -0.25) is 0 Å². The third-order valence-corrected chi connectivity index (χ3v) is 4.16. The summed E-state index contributed by atoms with van der Waals surface area (Å²) >= 11 is 1.73. The van der Waals surface area contributed by atoms with Gasteiger partial charge >= 0.3 is 0 Å². The van der Waals surface area contributed by atoms with Gasteiger partial charge in [-0.2, -0.15) is 0 Å². The molecule has 0 saturated heterocycles. The Morgan fingerprint density at radius 3 is 2.94 bits per heavy atom. The first kappa shape index (κ1) is 10.00. The summed E-state index contributed by atoms with van der Waals surface area (Å²) in [6.07, 6.45) is -0.406. The average molecular weight is 231 g/mol. The maximum Gasteiger partial charge on any atom is 0.0980 e. The lowest BCUT2D eigenvalue weighted by molar-refractivity contribution is 0.151. The summed E-state index contributed by atoms with van der Waals surface area (Å²) < 4.78 is 2.18. The number of hydrogen-bond donors (Lipinski definition) is 1. The number of aryl methyl sites for hydroxylation is 1. The maximum atomic E-state index is 10.2. The molecule has 2 aromatic rings. The van der Waals surface area contributed by atoms with E-state index in [4.69, 9.17) is 0 Å². The van der Waals surface area contributed by atoms with Crippen LogP contribution in [0.25, 0.3) is 0 Å². The van der Waals surface area contributed by atoms with Gasteiger partial charge in [-0.25, -0.2) is 0 Å². The highest BCUT2D eigenvalue weighted by Gasteiger charge is 2.20. The minimum atomic E-state index is -0.406. The molecule has 2 heterocycles. The van der Waals surface area contributed by atoms with Crippen molar-refractivity contribution in [2.45, 2.75) is 29.5 Å². The summed E-state index contributed by atoms with van der Waals surface area (Å²) in [5, 5.41) is 11.4. The molecule has 0 fully saturated rings. The van der Waals surface area contributed by atoms with Gasteiger partial charge in [-0.1, -0.05) is 30.0 Å². The SMILES string of the molecule is Cc1ccc2n1CC(O)c1ccccc1S2. The van der Waals surface area contributed by atoms with Crippen LogP contribution >= 0.6 is 11.8 Å². The minimum Gasteiger partial charge on any atom is -0.386 e. The van der Waals surface area contributed by atoms with Gasteiger partial charge in [0.05, 0.1) is 17.7 Å². The molecule has 0 radical (unpaired) electrons. The summed E-state index contributed by atoms with van der Waals surface area (Å²) in [6.45, 7) is 2.73. The van der Waals surface area contributed by atoms with Crippen LogP contribution in [0.15, 0.2) is 46.3 Å². The van der Waals surface area contributed by atoms with Crippen LogP contribution < -0.4 is 0 Å². The molecule has 16 heavy (non-hydrogen) atoms. The predicted octanol–water partition coefficient (Wildman–Crippen LogP) is 2.99. The van der Waals surface area contributed by atoms with Crippen molar-refractivity contribution in [1.29, 1.82) is 0 Å². The molecule has 0 amide bonds. The van der Waals surface area contributed by atoms with Crippen molar-refractivity contribution in [1.82, 2.24) is 4.57 Å². The molecule has 1 aliphatic rings. The second-order valence-electron chi connectivity index (χ2n) is 4.08. The molecule has 1 aromatic heterocycles. The van der Waals surface area contributed by atoms with E-state index in [1.807, 2.05) is 18.2 Å². The molecule has 3 rings (SSSR count). The van der Waals surface area contributed by atoms with E-state index in [1.165, 1.54) is 10.7 Å². The summed E-state index contributed by atoms with van der Waals surface area (Å²) in [6, 6.07) is 12.3. The lowest BCUT2D eigenvalue weighted by Gasteiger charge is -2.12. The van der Waals surface area contributed by atoms with Crippen LogP contribution in [0.1, 0.15) is 17.4 Å². The third-order valence-electron chi connectivity index (χ3n) is 3.01. The van der Waals surface area contributed by atoms with Gasteiger partial charge in [0.25, 0.3) is 0 Å². The first-order valence-electron chi connectivity index (χ1n) is 5.36. The summed E-state index contributed by atoms with van der Waals surface area (Å²) in [7, 11) is 0. The Labute approximate surface area is 98.9 Å². The first-order chi connectivity index (χ1) is 7.75. The first-order valence-corrected chi connectivity index (χ1v) is 6.18. The van der Waals surface area contributed by atoms with Crippen molar-refractivity contribution < 1.29 is 5.11 Å². The molecule has 0 aliphatic carbocycles. The van der Waals surface area contributed by atoms with Gasteiger partial charge in [0, 0.05) is 10.6 Å². The maximum absolute atomic E-state index is 10.2. The predicted molar refractivity (Wildman–Crippen MR) is 64.7 cm³/mol. The van der Waals surface area contributed by atoms with Crippen LogP contribution in [-0.4, -0.2) is 9.67 Å². The van der Waals surface area contributed by atoms with E-state index in [-0.39, 0.29) is 0 Å². The van der Waals surface area contributed by atoms with E-state index < -0.39 is 6.10 Å². The molecule has 1 unspecified atom stereocenters. The number of aromatic nitrogens is 1. The normalized spacial score (nSPS) is 18.8. The molecular formula is C13H13NOS. The fourth-order valence-electron chi connectivity index (χ4n) is 2.10. The molecule has 1 aromatic carbocycles. The van der Waals surface area contributed by atoms with E-state index in [0.29, 0.717) is 6.54 Å². The van der Waals surface area contributed by atoms with Crippen molar-refractivity contribution in [3.63, 3.8) is 0 Å². The van der Waals surface area contributed by atoms with Crippen molar-refractivity contribution >= 4 is 11.8 Å². The third kappa shape index (κ3) is 1.47. The summed E-state index contributed by atoms with van der Waals surface area (Å²) in [5.41, 5.74) is 2.24. The highest BCUT2D eigenvalue weighted by atomic mass is 32.2. The largest absolute Gasteiger partial charge is 0.386 e. The van der Waals surface area contributed by atoms with Crippen molar-refractivity contribution in [2.75, 3.05) is 0 Å². The number of hydrogen-bond acceptors (Lipinski definition) is 2. The second kappa shape index (κ2) is 3.68. The zero-order valence-corrected chi connectivity index (χ0v) is 9.87. The minimum absolute atomic E-state index is 0.406. The Hall–Kier alpha value is -1.19. The van der Waals surface area contributed by atoms with Crippen molar-refractivity contribution in [2.24, 2.45) is 0 Å². The Kier molecular flexibility index (Phi) is 2.30. The molecule has 2 nitrogen and oxygen atoms in total. The number of aliphatic hydroxyl groups excluding tert-OH is 1. The van der Waals surface area contributed by atoms with Crippen LogP contribution in [0.3, 0.4) is 0 Å². The Bertz CT molecular complexity index is 532.